The van der Waals surface area contributed by atoms with Gasteiger partial charge < -0.3 is 10.4 Å². The van der Waals surface area contributed by atoms with Gasteiger partial charge in [0.1, 0.15) is 5.92 Å². The van der Waals surface area contributed by atoms with Crippen molar-refractivity contribution in [1.82, 2.24) is 5.32 Å². The van der Waals surface area contributed by atoms with Crippen LogP contribution in [0.5, 0.6) is 0 Å². The first-order chi connectivity index (χ1) is 8.71. The molecule has 0 heterocycles. The van der Waals surface area contributed by atoms with Crippen LogP contribution < -0.4 is 5.32 Å². The fourth-order valence-corrected chi connectivity index (χ4v) is 1.63. The third-order valence-corrected chi connectivity index (χ3v) is 2.81. The number of rotatable bonds is 6. The lowest BCUT2D eigenvalue weighted by atomic mass is 9.99. The first kappa shape index (κ1) is 14.2. The largest absolute Gasteiger partial charge is 0.394 e. The number of nitrogens with one attached hydrogen (secondary N) is 1. The maximum Gasteiger partial charge on any atom is 0.237 e. The highest BCUT2D eigenvalue weighted by Crippen LogP contribution is 2.08. The quantitative estimate of drug-likeness (QED) is 0.793. The lowest BCUT2D eigenvalue weighted by Crippen LogP contribution is -2.40. The third-order valence-electron chi connectivity index (χ3n) is 2.81. The van der Waals surface area contributed by atoms with Crippen molar-refractivity contribution in [3.63, 3.8) is 0 Å². The van der Waals surface area contributed by atoms with Crippen molar-refractivity contribution >= 4 is 5.91 Å². The number of nitrogens with zero attached hydrogens (tertiary/aromatic N) is 1. The van der Waals surface area contributed by atoms with Crippen LogP contribution in [0.25, 0.3) is 0 Å². The van der Waals surface area contributed by atoms with Crippen LogP contribution in [-0.2, 0) is 11.2 Å². The summed E-state index contributed by atoms with van der Waals surface area (Å²) in [6.07, 6.45) is 1.04. The molecule has 1 unspecified atom stereocenters. The van der Waals surface area contributed by atoms with Crippen LogP contribution in [-0.4, -0.2) is 23.7 Å². The number of carbonyl (C=O) groups is 1. The van der Waals surface area contributed by atoms with E-state index in [1.165, 1.54) is 0 Å². The maximum atomic E-state index is 11.9. The van der Waals surface area contributed by atoms with E-state index in [2.05, 4.69) is 5.32 Å². The Hall–Kier alpha value is -1.86. The van der Waals surface area contributed by atoms with E-state index in [4.69, 9.17) is 10.4 Å². The van der Waals surface area contributed by atoms with E-state index in [0.717, 1.165) is 5.56 Å². The van der Waals surface area contributed by atoms with E-state index in [9.17, 15) is 4.79 Å². The van der Waals surface area contributed by atoms with Crippen molar-refractivity contribution in [2.24, 2.45) is 5.92 Å². The van der Waals surface area contributed by atoms with Crippen LogP contribution in [0.15, 0.2) is 30.3 Å². The molecule has 0 fully saturated rings. The molecule has 2 atom stereocenters. The van der Waals surface area contributed by atoms with Gasteiger partial charge in [-0.05, 0) is 18.4 Å². The van der Waals surface area contributed by atoms with Gasteiger partial charge >= 0.3 is 0 Å². The molecule has 1 amide bonds. The van der Waals surface area contributed by atoms with Gasteiger partial charge in [-0.2, -0.15) is 5.26 Å². The van der Waals surface area contributed by atoms with Gasteiger partial charge in [0.25, 0.3) is 0 Å². The van der Waals surface area contributed by atoms with Gasteiger partial charge in [0.15, 0.2) is 0 Å². The number of carbonyl (C=O) groups excluding carboxylic acids is 1. The molecule has 0 saturated carbocycles. The highest BCUT2D eigenvalue weighted by molar-refractivity contribution is 5.81. The second kappa shape index (κ2) is 7.46. The maximum absolute atomic E-state index is 11.9. The van der Waals surface area contributed by atoms with Crippen LogP contribution in [0.4, 0.5) is 0 Å². The van der Waals surface area contributed by atoms with Crippen LogP contribution in [0, 0.1) is 17.2 Å². The summed E-state index contributed by atoms with van der Waals surface area (Å²) in [5, 5.41) is 20.7. The first-order valence-electron chi connectivity index (χ1n) is 6.06. The number of benzene rings is 1. The number of amides is 1. The third kappa shape index (κ3) is 4.19. The van der Waals surface area contributed by atoms with Crippen molar-refractivity contribution in [2.75, 3.05) is 6.61 Å². The summed E-state index contributed by atoms with van der Waals surface area (Å²) >= 11 is 0. The van der Waals surface area contributed by atoms with Gasteiger partial charge in [-0.25, -0.2) is 0 Å². The Morgan fingerprint density at radius 1 is 1.44 bits per heavy atom. The van der Waals surface area contributed by atoms with Crippen molar-refractivity contribution in [3.05, 3.63) is 35.9 Å². The molecule has 1 aromatic rings. The smallest absolute Gasteiger partial charge is 0.237 e. The number of nitriles is 1. The molecule has 2 N–H and O–H groups in total. The number of hydrogen-bond donors (Lipinski definition) is 2. The Balaban J connectivity index is 2.61. The lowest BCUT2D eigenvalue weighted by Gasteiger charge is -2.16. The van der Waals surface area contributed by atoms with Crippen LogP contribution >= 0.6 is 0 Å². The molecule has 4 nitrogen and oxygen atoms in total. The van der Waals surface area contributed by atoms with Gasteiger partial charge in [-0.3, -0.25) is 4.79 Å². The molecule has 96 valence electrons. The molecule has 18 heavy (non-hydrogen) atoms. The molecule has 0 aliphatic heterocycles. The summed E-state index contributed by atoms with van der Waals surface area (Å²) in [4.78, 5) is 11.9. The van der Waals surface area contributed by atoms with Crippen LogP contribution in [0.1, 0.15) is 18.9 Å². The molecular formula is C14H18N2O2. The summed E-state index contributed by atoms with van der Waals surface area (Å²) in [6.45, 7) is 1.77. The van der Waals surface area contributed by atoms with Crippen molar-refractivity contribution < 1.29 is 9.90 Å². The van der Waals surface area contributed by atoms with Gasteiger partial charge in [0.05, 0.1) is 18.7 Å². The molecule has 0 aromatic heterocycles. The predicted octanol–water partition coefficient (Wildman–Crippen LogP) is 1.26. The molecule has 0 aliphatic rings. The average molecular weight is 246 g/mol. The van der Waals surface area contributed by atoms with Gasteiger partial charge in [0.2, 0.25) is 5.91 Å². The molecule has 0 saturated heterocycles. The fraction of sp³-hybridized carbons (Fsp3) is 0.429. The number of hydrogen-bond acceptors (Lipinski definition) is 3. The zero-order valence-corrected chi connectivity index (χ0v) is 10.5. The summed E-state index contributed by atoms with van der Waals surface area (Å²) < 4.78 is 0. The second-order valence-corrected chi connectivity index (χ2v) is 4.17. The Morgan fingerprint density at radius 2 is 2.11 bits per heavy atom. The standard InChI is InChI=1S/C14H18N2O2/c1-2-13(10-17)16-14(18)12(9-15)8-11-6-4-3-5-7-11/h3-7,12-13,17H,2,8,10H2,1H3,(H,16,18)/t12?,13-/m0/s1. The minimum absolute atomic E-state index is 0.105. The fourth-order valence-electron chi connectivity index (χ4n) is 1.63. The molecule has 0 spiro atoms. The Bertz CT molecular complexity index is 408. The first-order valence-corrected chi connectivity index (χ1v) is 6.06. The topological polar surface area (TPSA) is 73.1 Å². The second-order valence-electron chi connectivity index (χ2n) is 4.17. The van der Waals surface area contributed by atoms with Crippen molar-refractivity contribution in [3.8, 4) is 6.07 Å². The van der Waals surface area contributed by atoms with E-state index in [-0.39, 0.29) is 18.6 Å². The summed E-state index contributed by atoms with van der Waals surface area (Å²) in [5.74, 6) is -1.03. The van der Waals surface area contributed by atoms with E-state index in [1.54, 1.807) is 0 Å². The van der Waals surface area contributed by atoms with E-state index < -0.39 is 5.92 Å². The molecule has 0 bridgehead atoms. The average Bonchev–Trinajstić information content (AvgIpc) is 2.43. The lowest BCUT2D eigenvalue weighted by molar-refractivity contribution is -0.124. The normalized spacial score (nSPS) is 13.4. The van der Waals surface area contributed by atoms with E-state index in [1.807, 2.05) is 43.3 Å². The molecule has 1 rings (SSSR count). The predicted molar refractivity (Wildman–Crippen MR) is 68.6 cm³/mol. The highest BCUT2D eigenvalue weighted by atomic mass is 16.3. The van der Waals surface area contributed by atoms with Crippen LogP contribution in [0.3, 0.4) is 0 Å². The molecule has 1 aromatic carbocycles. The van der Waals surface area contributed by atoms with E-state index in [0.29, 0.717) is 12.8 Å². The number of aliphatic hydroxyl groups excluding tert-OH is 1. The van der Waals surface area contributed by atoms with Gasteiger partial charge in [-0.1, -0.05) is 37.3 Å². The Morgan fingerprint density at radius 3 is 2.61 bits per heavy atom. The Kier molecular flexibility index (Phi) is 5.89. The minimum atomic E-state index is -0.715. The summed E-state index contributed by atoms with van der Waals surface area (Å²) in [5.41, 5.74) is 0.955. The summed E-state index contributed by atoms with van der Waals surface area (Å²) in [7, 11) is 0. The monoisotopic (exact) mass is 246 g/mol. The van der Waals surface area contributed by atoms with Gasteiger partial charge in [0, 0.05) is 0 Å². The van der Waals surface area contributed by atoms with E-state index >= 15 is 0 Å². The highest BCUT2D eigenvalue weighted by Gasteiger charge is 2.20. The minimum Gasteiger partial charge on any atom is -0.394 e. The molecule has 0 radical (unpaired) electrons. The van der Waals surface area contributed by atoms with Crippen molar-refractivity contribution in [1.29, 1.82) is 5.26 Å². The Labute approximate surface area is 107 Å². The molecule has 4 heteroatoms. The molecular weight excluding hydrogens is 228 g/mol. The zero-order valence-electron chi connectivity index (χ0n) is 10.5. The number of aliphatic hydroxyl groups is 1. The summed E-state index contributed by atoms with van der Waals surface area (Å²) in [6, 6.07) is 11.2. The van der Waals surface area contributed by atoms with Crippen molar-refractivity contribution in [2.45, 2.75) is 25.8 Å². The SMILES string of the molecule is CC[C@@H](CO)NC(=O)C(C#N)Cc1ccccc1. The molecule has 0 aliphatic carbocycles. The van der Waals surface area contributed by atoms with Crippen LogP contribution in [0.2, 0.25) is 0 Å². The zero-order chi connectivity index (χ0) is 13.4. The van der Waals surface area contributed by atoms with Gasteiger partial charge in [-0.15, -0.1) is 0 Å².